The second kappa shape index (κ2) is 3.96. The SMILES string of the molecule is O=C(O)c1oc(C(=O)O)c(C(=O)O)c1C(=O)[O-]. The predicted molar refractivity (Wildman–Crippen MR) is 43.9 cm³/mol. The average molecular weight is 243 g/mol. The quantitative estimate of drug-likeness (QED) is 0.584. The molecule has 0 atom stereocenters. The lowest BCUT2D eigenvalue weighted by atomic mass is 10.1. The van der Waals surface area contributed by atoms with E-state index in [9.17, 15) is 24.3 Å². The van der Waals surface area contributed by atoms with Gasteiger partial charge in [-0.25, -0.2) is 14.4 Å². The lowest BCUT2D eigenvalue weighted by molar-refractivity contribution is -0.255. The van der Waals surface area contributed by atoms with Crippen LogP contribution >= 0.6 is 0 Å². The zero-order valence-electron chi connectivity index (χ0n) is 7.79. The normalized spacial score (nSPS) is 9.88. The van der Waals surface area contributed by atoms with Crippen molar-refractivity contribution in [2.75, 3.05) is 0 Å². The first-order valence-electron chi connectivity index (χ1n) is 3.85. The van der Waals surface area contributed by atoms with E-state index in [0.29, 0.717) is 0 Å². The Morgan fingerprint density at radius 3 is 1.53 bits per heavy atom. The summed E-state index contributed by atoms with van der Waals surface area (Å²) in [5, 5.41) is 36.3. The molecule has 9 heteroatoms. The largest absolute Gasteiger partial charge is 0.545 e. The van der Waals surface area contributed by atoms with Crippen molar-refractivity contribution in [3.63, 3.8) is 0 Å². The molecule has 0 unspecified atom stereocenters. The maximum absolute atomic E-state index is 10.7. The summed E-state index contributed by atoms with van der Waals surface area (Å²) in [7, 11) is 0. The van der Waals surface area contributed by atoms with Crippen molar-refractivity contribution < 1.29 is 44.0 Å². The predicted octanol–water partition coefficient (Wildman–Crippen LogP) is -1.26. The number of furan rings is 1. The Labute approximate surface area is 91.5 Å². The highest BCUT2D eigenvalue weighted by atomic mass is 16.4. The first kappa shape index (κ1) is 12.2. The van der Waals surface area contributed by atoms with Crippen LogP contribution in [0.15, 0.2) is 4.42 Å². The van der Waals surface area contributed by atoms with Crippen LogP contribution < -0.4 is 5.11 Å². The van der Waals surface area contributed by atoms with Gasteiger partial charge in [0.15, 0.2) is 0 Å². The maximum Gasteiger partial charge on any atom is 0.372 e. The van der Waals surface area contributed by atoms with Gasteiger partial charge in [-0.15, -0.1) is 0 Å². The Morgan fingerprint density at radius 2 is 1.24 bits per heavy atom. The minimum Gasteiger partial charge on any atom is -0.545 e. The number of carboxylic acid groups (broad SMARTS) is 4. The minimum atomic E-state index is -2.16. The Kier molecular flexibility index (Phi) is 2.85. The van der Waals surface area contributed by atoms with Gasteiger partial charge in [-0.1, -0.05) is 0 Å². The molecule has 0 fully saturated rings. The van der Waals surface area contributed by atoms with Gasteiger partial charge in [0.2, 0.25) is 11.5 Å². The molecule has 0 bridgehead atoms. The molecule has 90 valence electrons. The van der Waals surface area contributed by atoms with E-state index in [1.54, 1.807) is 0 Å². The van der Waals surface area contributed by atoms with Gasteiger partial charge in [-0.05, 0) is 0 Å². The van der Waals surface area contributed by atoms with Crippen LogP contribution in [0, 0.1) is 0 Å². The molecule has 0 radical (unpaired) electrons. The molecule has 0 saturated heterocycles. The lowest BCUT2D eigenvalue weighted by Crippen LogP contribution is -2.26. The highest BCUT2D eigenvalue weighted by Crippen LogP contribution is 2.23. The molecule has 0 aliphatic rings. The van der Waals surface area contributed by atoms with Crippen molar-refractivity contribution in [2.45, 2.75) is 0 Å². The summed E-state index contributed by atoms with van der Waals surface area (Å²) in [6, 6.07) is 0. The smallest absolute Gasteiger partial charge is 0.372 e. The van der Waals surface area contributed by atoms with Crippen molar-refractivity contribution in [3.05, 3.63) is 22.6 Å². The van der Waals surface area contributed by atoms with Crippen LogP contribution in [0.2, 0.25) is 0 Å². The van der Waals surface area contributed by atoms with Gasteiger partial charge in [0.1, 0.15) is 5.56 Å². The van der Waals surface area contributed by atoms with E-state index in [0.717, 1.165) is 0 Å². The molecule has 0 amide bonds. The van der Waals surface area contributed by atoms with Gasteiger partial charge in [0, 0.05) is 0 Å². The van der Waals surface area contributed by atoms with Crippen molar-refractivity contribution in [2.24, 2.45) is 0 Å². The van der Waals surface area contributed by atoms with E-state index >= 15 is 0 Å². The molecule has 1 heterocycles. The summed E-state index contributed by atoms with van der Waals surface area (Å²) in [6.07, 6.45) is 0. The lowest BCUT2D eigenvalue weighted by Gasteiger charge is -2.00. The van der Waals surface area contributed by atoms with Gasteiger partial charge in [-0.2, -0.15) is 0 Å². The van der Waals surface area contributed by atoms with Crippen LogP contribution in [0.1, 0.15) is 41.8 Å². The number of carbonyl (C=O) groups is 4. The second-order valence-electron chi connectivity index (χ2n) is 2.71. The third-order valence-corrected chi connectivity index (χ3v) is 1.71. The molecule has 0 aliphatic carbocycles. The fourth-order valence-corrected chi connectivity index (χ4v) is 1.13. The Balaban J connectivity index is 3.73. The number of aromatic carboxylic acids is 4. The molecular weight excluding hydrogens is 240 g/mol. The van der Waals surface area contributed by atoms with Crippen LogP contribution in [0.5, 0.6) is 0 Å². The van der Waals surface area contributed by atoms with Gasteiger partial charge >= 0.3 is 17.9 Å². The van der Waals surface area contributed by atoms with Crippen LogP contribution in [0.4, 0.5) is 0 Å². The van der Waals surface area contributed by atoms with Crippen LogP contribution in [-0.2, 0) is 0 Å². The third kappa shape index (κ3) is 1.93. The standard InChI is InChI=1S/C8H4O9/c9-5(10)1-2(6(11)12)4(8(15)16)17-3(1)7(13)14/h(H,9,10)(H,11,12)(H,13,14)(H,15,16)/p-1. The minimum absolute atomic E-state index is 1.27. The Hall–Kier alpha value is -2.84. The van der Waals surface area contributed by atoms with Gasteiger partial charge in [-0.3, -0.25) is 0 Å². The van der Waals surface area contributed by atoms with E-state index in [1.165, 1.54) is 0 Å². The fourth-order valence-electron chi connectivity index (χ4n) is 1.13. The molecule has 1 aromatic heterocycles. The van der Waals surface area contributed by atoms with Crippen molar-refractivity contribution in [3.8, 4) is 0 Å². The number of carboxylic acids is 4. The number of rotatable bonds is 4. The zero-order valence-corrected chi connectivity index (χ0v) is 7.79. The molecular formula is C8H3O9-. The van der Waals surface area contributed by atoms with Crippen LogP contribution in [-0.4, -0.2) is 39.2 Å². The number of carbonyl (C=O) groups excluding carboxylic acids is 1. The summed E-state index contributed by atoms with van der Waals surface area (Å²) in [6.45, 7) is 0. The van der Waals surface area contributed by atoms with E-state index in [4.69, 9.17) is 15.3 Å². The highest BCUT2D eigenvalue weighted by molar-refractivity contribution is 6.12. The van der Waals surface area contributed by atoms with Gasteiger partial charge in [0.05, 0.1) is 11.5 Å². The molecule has 0 aliphatic heterocycles. The zero-order chi connectivity index (χ0) is 13.3. The summed E-state index contributed by atoms with van der Waals surface area (Å²) in [5.74, 6) is -10.5. The van der Waals surface area contributed by atoms with Crippen LogP contribution in [0.25, 0.3) is 0 Å². The van der Waals surface area contributed by atoms with Crippen molar-refractivity contribution in [1.82, 2.24) is 0 Å². The molecule has 17 heavy (non-hydrogen) atoms. The molecule has 9 nitrogen and oxygen atoms in total. The molecule has 3 N–H and O–H groups in total. The topological polar surface area (TPSA) is 165 Å². The number of hydrogen-bond donors (Lipinski definition) is 3. The molecule has 0 saturated carbocycles. The monoisotopic (exact) mass is 243 g/mol. The summed E-state index contributed by atoms with van der Waals surface area (Å²) in [4.78, 5) is 42.4. The summed E-state index contributed by atoms with van der Waals surface area (Å²) < 4.78 is 4.19. The first-order chi connectivity index (χ1) is 7.77. The van der Waals surface area contributed by atoms with E-state index in [1.807, 2.05) is 0 Å². The van der Waals surface area contributed by atoms with Crippen molar-refractivity contribution >= 4 is 23.9 Å². The summed E-state index contributed by atoms with van der Waals surface area (Å²) >= 11 is 0. The summed E-state index contributed by atoms with van der Waals surface area (Å²) in [5.41, 5.74) is -2.59. The van der Waals surface area contributed by atoms with Gasteiger partial charge < -0.3 is 29.6 Å². The Bertz CT molecular complexity index is 489. The Morgan fingerprint density at radius 1 is 0.824 bits per heavy atom. The molecule has 0 aromatic carbocycles. The highest BCUT2D eigenvalue weighted by Gasteiger charge is 2.32. The van der Waals surface area contributed by atoms with E-state index in [2.05, 4.69) is 4.42 Å². The van der Waals surface area contributed by atoms with E-state index < -0.39 is 46.5 Å². The molecule has 1 rings (SSSR count). The van der Waals surface area contributed by atoms with Crippen LogP contribution in [0.3, 0.4) is 0 Å². The van der Waals surface area contributed by atoms with E-state index in [-0.39, 0.29) is 0 Å². The number of hydrogen-bond acceptors (Lipinski definition) is 6. The average Bonchev–Trinajstić information content (AvgIpc) is 2.56. The molecule has 0 spiro atoms. The second-order valence-corrected chi connectivity index (χ2v) is 2.71. The fraction of sp³-hybridized carbons (Fsp3) is 0. The first-order valence-corrected chi connectivity index (χ1v) is 3.85. The molecule has 1 aromatic rings. The van der Waals surface area contributed by atoms with Gasteiger partial charge in [0.25, 0.3) is 0 Å². The maximum atomic E-state index is 10.7. The van der Waals surface area contributed by atoms with Crippen molar-refractivity contribution in [1.29, 1.82) is 0 Å². The third-order valence-electron chi connectivity index (χ3n) is 1.71.